The number of epoxide rings is 1. The average Bonchev–Trinajstić information content (AvgIpc) is 2.43. The molecule has 0 N–H and O–H groups in total. The van der Waals surface area contributed by atoms with Gasteiger partial charge in [-0.3, -0.25) is 0 Å². The Morgan fingerprint density at radius 1 is 1.11 bits per heavy atom. The summed E-state index contributed by atoms with van der Waals surface area (Å²) in [4.78, 5) is 0. The van der Waals surface area contributed by atoms with E-state index in [2.05, 4.69) is 13.8 Å². The van der Waals surface area contributed by atoms with E-state index in [1.807, 2.05) is 0 Å². The second-order valence-corrected chi connectivity index (χ2v) is 3.57. The van der Waals surface area contributed by atoms with Gasteiger partial charge >= 0.3 is 0 Å². The number of ether oxygens (including phenoxy) is 2. The van der Waals surface area contributed by atoms with Crippen LogP contribution in [0.3, 0.4) is 0 Å². The molecule has 2 rings (SSSR count). The van der Waals surface area contributed by atoms with Gasteiger partial charge in [-0.1, -0.05) is 6.92 Å². The van der Waals surface area contributed by atoms with Crippen molar-refractivity contribution in [3.63, 3.8) is 0 Å². The summed E-state index contributed by atoms with van der Waals surface area (Å²) in [5.41, 5.74) is 0.484. The van der Waals surface area contributed by atoms with Gasteiger partial charge in [0.25, 0.3) is 0 Å². The summed E-state index contributed by atoms with van der Waals surface area (Å²) in [5, 5.41) is 0. The van der Waals surface area contributed by atoms with E-state index in [0.29, 0.717) is 5.41 Å². The van der Waals surface area contributed by atoms with Crippen LogP contribution in [0.25, 0.3) is 0 Å². The lowest BCUT2D eigenvalue weighted by Crippen LogP contribution is -2.50. The van der Waals surface area contributed by atoms with Gasteiger partial charge in [0, 0.05) is 5.41 Å². The zero-order chi connectivity index (χ0) is 6.54. The molecule has 2 aliphatic rings. The molecule has 0 aromatic heterocycles. The first-order chi connectivity index (χ1) is 4.16. The molecular weight excluding hydrogens is 116 g/mol. The summed E-state index contributed by atoms with van der Waals surface area (Å²) < 4.78 is 10.4. The van der Waals surface area contributed by atoms with Gasteiger partial charge in [-0.2, -0.15) is 0 Å². The zero-order valence-corrected chi connectivity index (χ0v) is 5.94. The van der Waals surface area contributed by atoms with Gasteiger partial charge in [0.1, 0.15) is 0 Å². The topological polar surface area (TPSA) is 21.8 Å². The third-order valence-electron chi connectivity index (χ3n) is 2.70. The SMILES string of the molecule is CC1(C2(C)CO2)COC1. The Labute approximate surface area is 55.1 Å². The Morgan fingerprint density at radius 2 is 1.67 bits per heavy atom. The minimum atomic E-state index is 0.158. The summed E-state index contributed by atoms with van der Waals surface area (Å²) in [6.45, 7) is 7.07. The Bertz CT molecular complexity index is 134. The van der Waals surface area contributed by atoms with Crippen molar-refractivity contribution in [2.24, 2.45) is 5.41 Å². The normalized spacial score (nSPS) is 46.0. The van der Waals surface area contributed by atoms with Crippen LogP contribution in [-0.2, 0) is 9.47 Å². The van der Waals surface area contributed by atoms with Crippen LogP contribution in [0.2, 0.25) is 0 Å². The highest BCUT2D eigenvalue weighted by molar-refractivity contribution is 5.05. The first-order valence-electron chi connectivity index (χ1n) is 3.38. The summed E-state index contributed by atoms with van der Waals surface area (Å²) in [6, 6.07) is 0. The molecule has 0 amide bonds. The molecule has 2 aliphatic heterocycles. The highest BCUT2D eigenvalue weighted by atomic mass is 16.6. The predicted molar refractivity (Wildman–Crippen MR) is 33.3 cm³/mol. The Balaban J connectivity index is 2.11. The molecule has 2 saturated heterocycles. The largest absolute Gasteiger partial charge is 0.380 e. The van der Waals surface area contributed by atoms with E-state index in [1.165, 1.54) is 0 Å². The Kier molecular flexibility index (Phi) is 0.837. The fourth-order valence-corrected chi connectivity index (χ4v) is 1.17. The first-order valence-corrected chi connectivity index (χ1v) is 3.38. The molecular formula is C7H12O2. The van der Waals surface area contributed by atoms with Crippen LogP contribution in [0.15, 0.2) is 0 Å². The van der Waals surface area contributed by atoms with Crippen LogP contribution in [-0.4, -0.2) is 25.4 Å². The molecule has 2 heteroatoms. The highest BCUT2D eigenvalue weighted by Crippen LogP contribution is 2.48. The van der Waals surface area contributed by atoms with Crippen molar-refractivity contribution in [1.29, 1.82) is 0 Å². The third kappa shape index (κ3) is 0.578. The maximum atomic E-state index is 5.32. The van der Waals surface area contributed by atoms with Crippen LogP contribution in [0, 0.1) is 5.41 Å². The monoisotopic (exact) mass is 128 g/mol. The quantitative estimate of drug-likeness (QED) is 0.487. The van der Waals surface area contributed by atoms with E-state index in [0.717, 1.165) is 19.8 Å². The number of rotatable bonds is 1. The van der Waals surface area contributed by atoms with Crippen molar-refractivity contribution in [3.8, 4) is 0 Å². The lowest BCUT2D eigenvalue weighted by molar-refractivity contribution is -0.138. The van der Waals surface area contributed by atoms with Gasteiger partial charge in [0.15, 0.2) is 0 Å². The molecule has 2 heterocycles. The first kappa shape index (κ1) is 5.69. The van der Waals surface area contributed by atoms with Crippen molar-refractivity contribution in [1.82, 2.24) is 0 Å². The zero-order valence-electron chi connectivity index (χ0n) is 5.94. The summed E-state index contributed by atoms with van der Waals surface area (Å²) >= 11 is 0. The number of hydrogen-bond acceptors (Lipinski definition) is 2. The van der Waals surface area contributed by atoms with Crippen molar-refractivity contribution in [3.05, 3.63) is 0 Å². The lowest BCUT2D eigenvalue weighted by Gasteiger charge is -2.41. The van der Waals surface area contributed by atoms with Crippen molar-refractivity contribution < 1.29 is 9.47 Å². The van der Waals surface area contributed by atoms with E-state index in [1.54, 1.807) is 0 Å². The van der Waals surface area contributed by atoms with Gasteiger partial charge in [0.05, 0.1) is 25.4 Å². The Morgan fingerprint density at radius 3 is 1.78 bits per heavy atom. The second kappa shape index (κ2) is 1.32. The summed E-state index contributed by atoms with van der Waals surface area (Å²) in [5.74, 6) is 0. The van der Waals surface area contributed by atoms with Crippen LogP contribution >= 0.6 is 0 Å². The predicted octanol–water partition coefficient (Wildman–Crippen LogP) is 0.812. The van der Waals surface area contributed by atoms with Gasteiger partial charge in [-0.05, 0) is 6.92 Å². The molecule has 2 fully saturated rings. The molecule has 1 atom stereocenters. The molecule has 1 unspecified atom stereocenters. The van der Waals surface area contributed by atoms with Crippen molar-refractivity contribution >= 4 is 0 Å². The maximum Gasteiger partial charge on any atom is 0.0985 e. The van der Waals surface area contributed by atoms with Crippen LogP contribution in [0.1, 0.15) is 13.8 Å². The molecule has 52 valence electrons. The fourth-order valence-electron chi connectivity index (χ4n) is 1.17. The van der Waals surface area contributed by atoms with Gasteiger partial charge in [0.2, 0.25) is 0 Å². The van der Waals surface area contributed by atoms with Gasteiger partial charge in [-0.15, -0.1) is 0 Å². The van der Waals surface area contributed by atoms with Crippen LogP contribution in [0.5, 0.6) is 0 Å². The van der Waals surface area contributed by atoms with E-state index in [4.69, 9.17) is 9.47 Å². The van der Waals surface area contributed by atoms with Crippen molar-refractivity contribution in [2.45, 2.75) is 19.4 Å². The highest BCUT2D eigenvalue weighted by Gasteiger charge is 2.58. The molecule has 0 aromatic carbocycles. The molecule has 2 nitrogen and oxygen atoms in total. The molecule has 9 heavy (non-hydrogen) atoms. The molecule has 0 bridgehead atoms. The molecule has 0 spiro atoms. The van der Waals surface area contributed by atoms with Crippen LogP contribution < -0.4 is 0 Å². The lowest BCUT2D eigenvalue weighted by atomic mass is 9.76. The Hall–Kier alpha value is -0.0800. The average molecular weight is 128 g/mol. The summed E-state index contributed by atoms with van der Waals surface area (Å²) in [7, 11) is 0. The van der Waals surface area contributed by atoms with E-state index >= 15 is 0 Å². The minimum absolute atomic E-state index is 0.158. The maximum absolute atomic E-state index is 5.32. The molecule has 0 saturated carbocycles. The molecule has 0 aromatic rings. The molecule has 0 aliphatic carbocycles. The third-order valence-corrected chi connectivity index (χ3v) is 2.70. The van der Waals surface area contributed by atoms with E-state index < -0.39 is 0 Å². The summed E-state index contributed by atoms with van der Waals surface area (Å²) in [6.07, 6.45) is 0. The van der Waals surface area contributed by atoms with E-state index in [-0.39, 0.29) is 5.60 Å². The standard InChI is InChI=1S/C7H12O2/c1-6(3-8-4-6)7(2)5-9-7/h3-5H2,1-2H3. The van der Waals surface area contributed by atoms with Crippen LogP contribution in [0.4, 0.5) is 0 Å². The fraction of sp³-hybridized carbons (Fsp3) is 1.00. The van der Waals surface area contributed by atoms with Gasteiger partial charge in [-0.25, -0.2) is 0 Å². The van der Waals surface area contributed by atoms with Crippen molar-refractivity contribution in [2.75, 3.05) is 19.8 Å². The molecule has 0 radical (unpaired) electrons. The minimum Gasteiger partial charge on any atom is -0.380 e. The second-order valence-electron chi connectivity index (χ2n) is 3.57. The van der Waals surface area contributed by atoms with Gasteiger partial charge < -0.3 is 9.47 Å². The smallest absolute Gasteiger partial charge is 0.0985 e. The number of hydrogen-bond donors (Lipinski definition) is 0. The van der Waals surface area contributed by atoms with E-state index in [9.17, 15) is 0 Å².